The van der Waals surface area contributed by atoms with Crippen LogP contribution in [0, 0.1) is 0 Å². The topological polar surface area (TPSA) is 96.7 Å². The minimum Gasteiger partial charge on any atom is -0.444 e. The Morgan fingerprint density at radius 2 is 1.56 bits per heavy atom. The van der Waals surface area contributed by atoms with E-state index in [1.165, 1.54) is 0 Å². The summed E-state index contributed by atoms with van der Waals surface area (Å²) >= 11 is 6.14. The van der Waals surface area contributed by atoms with Crippen LogP contribution in [0.3, 0.4) is 0 Å². The molecular weight excluding hydrogens is 518 g/mol. The summed E-state index contributed by atoms with van der Waals surface area (Å²) < 4.78 is 7.43. The fraction of sp³-hybridized carbons (Fsp3) is 0.464. The number of nitrogens with zero attached hydrogens (tertiary/aromatic N) is 7. The van der Waals surface area contributed by atoms with Crippen LogP contribution in [-0.4, -0.2) is 86.4 Å². The number of carbonyl (C=O) groups is 2. The van der Waals surface area contributed by atoms with Gasteiger partial charge in [-0.1, -0.05) is 11.6 Å². The molecule has 11 heteroatoms. The Morgan fingerprint density at radius 3 is 2.18 bits per heavy atom. The lowest BCUT2D eigenvalue weighted by Gasteiger charge is -2.36. The molecule has 0 spiro atoms. The van der Waals surface area contributed by atoms with Gasteiger partial charge >= 0.3 is 6.09 Å². The second kappa shape index (κ2) is 11.2. The summed E-state index contributed by atoms with van der Waals surface area (Å²) in [6.45, 7) is 9.16. The van der Waals surface area contributed by atoms with E-state index in [-0.39, 0.29) is 17.9 Å². The van der Waals surface area contributed by atoms with Gasteiger partial charge < -0.3 is 19.4 Å². The van der Waals surface area contributed by atoms with Crippen LogP contribution in [0.25, 0.3) is 5.69 Å². The molecule has 0 bridgehead atoms. The predicted molar refractivity (Wildman–Crippen MR) is 149 cm³/mol. The molecule has 0 radical (unpaired) electrons. The molecule has 0 N–H and O–H groups in total. The zero-order valence-electron chi connectivity index (χ0n) is 22.6. The van der Waals surface area contributed by atoms with Gasteiger partial charge in [0.1, 0.15) is 5.60 Å². The van der Waals surface area contributed by atoms with E-state index in [0.717, 1.165) is 11.4 Å². The van der Waals surface area contributed by atoms with E-state index in [0.29, 0.717) is 68.6 Å². The van der Waals surface area contributed by atoms with Crippen LogP contribution in [0.15, 0.2) is 48.9 Å². The van der Waals surface area contributed by atoms with E-state index in [9.17, 15) is 9.59 Å². The van der Waals surface area contributed by atoms with Crippen molar-refractivity contribution in [3.05, 3.63) is 65.2 Å². The standard InChI is InChI=1S/C28H34ClN7O3/c1-28(2,3)39-27(38)35-13-9-20(10-14-35)24-23(19-32-36(24)22-7-5-21(29)6-8-22)25(37)33-15-17-34(18-16-33)26-30-11-4-12-31-26/h4-8,11-12,19-20H,9-10,13-18H2,1-3H3. The van der Waals surface area contributed by atoms with E-state index >= 15 is 0 Å². The highest BCUT2D eigenvalue weighted by atomic mass is 35.5. The number of likely N-dealkylation sites (tertiary alicyclic amines) is 1. The van der Waals surface area contributed by atoms with Crippen molar-refractivity contribution in [1.82, 2.24) is 29.5 Å². The van der Waals surface area contributed by atoms with Crippen LogP contribution in [0.2, 0.25) is 5.02 Å². The molecule has 0 aliphatic carbocycles. The van der Waals surface area contributed by atoms with Crippen molar-refractivity contribution in [2.45, 2.75) is 45.1 Å². The first-order valence-corrected chi connectivity index (χ1v) is 13.7. The second-order valence-electron chi connectivity index (χ2n) is 10.9. The van der Waals surface area contributed by atoms with Crippen LogP contribution in [0.5, 0.6) is 0 Å². The Morgan fingerprint density at radius 1 is 0.923 bits per heavy atom. The average molecular weight is 552 g/mol. The van der Waals surface area contributed by atoms with Gasteiger partial charge in [0.25, 0.3) is 5.91 Å². The van der Waals surface area contributed by atoms with Gasteiger partial charge in [-0.05, 0) is 63.9 Å². The molecule has 2 aliphatic heterocycles. The second-order valence-corrected chi connectivity index (χ2v) is 11.3. The quantitative estimate of drug-likeness (QED) is 0.474. The van der Waals surface area contributed by atoms with Gasteiger partial charge in [-0.2, -0.15) is 5.10 Å². The highest BCUT2D eigenvalue weighted by Gasteiger charge is 2.34. The molecule has 2 aliphatic rings. The number of hydrogen-bond donors (Lipinski definition) is 0. The van der Waals surface area contributed by atoms with Crippen molar-refractivity contribution >= 4 is 29.5 Å². The smallest absolute Gasteiger partial charge is 0.410 e. The zero-order chi connectivity index (χ0) is 27.6. The molecule has 39 heavy (non-hydrogen) atoms. The third-order valence-electron chi connectivity index (χ3n) is 7.04. The van der Waals surface area contributed by atoms with Gasteiger partial charge in [-0.3, -0.25) is 4.79 Å². The largest absolute Gasteiger partial charge is 0.444 e. The number of carbonyl (C=O) groups excluding carboxylic acids is 2. The number of amides is 2. The fourth-order valence-corrected chi connectivity index (χ4v) is 5.23. The van der Waals surface area contributed by atoms with Gasteiger partial charge in [0.2, 0.25) is 5.95 Å². The number of halogens is 1. The molecule has 0 saturated carbocycles. The van der Waals surface area contributed by atoms with Gasteiger partial charge in [-0.25, -0.2) is 19.4 Å². The van der Waals surface area contributed by atoms with Crippen molar-refractivity contribution in [2.75, 3.05) is 44.2 Å². The lowest BCUT2D eigenvalue weighted by atomic mass is 9.90. The summed E-state index contributed by atoms with van der Waals surface area (Å²) in [4.78, 5) is 40.9. The molecule has 2 fully saturated rings. The van der Waals surface area contributed by atoms with Crippen molar-refractivity contribution < 1.29 is 14.3 Å². The number of aromatic nitrogens is 4. The van der Waals surface area contributed by atoms with Crippen molar-refractivity contribution in [3.63, 3.8) is 0 Å². The van der Waals surface area contributed by atoms with E-state index < -0.39 is 5.60 Å². The van der Waals surface area contributed by atoms with Crippen LogP contribution >= 0.6 is 11.6 Å². The first-order valence-electron chi connectivity index (χ1n) is 13.3. The third kappa shape index (κ3) is 6.16. The first-order chi connectivity index (χ1) is 18.7. The molecule has 5 rings (SSSR count). The number of benzene rings is 1. The van der Waals surface area contributed by atoms with Gasteiger partial charge in [-0.15, -0.1) is 0 Å². The van der Waals surface area contributed by atoms with Crippen LogP contribution < -0.4 is 4.90 Å². The lowest BCUT2D eigenvalue weighted by Crippen LogP contribution is -2.49. The van der Waals surface area contributed by atoms with E-state index in [1.807, 2.05) is 54.6 Å². The van der Waals surface area contributed by atoms with Crippen molar-refractivity contribution in [1.29, 1.82) is 0 Å². The summed E-state index contributed by atoms with van der Waals surface area (Å²) in [7, 11) is 0. The van der Waals surface area contributed by atoms with Crippen molar-refractivity contribution in [2.24, 2.45) is 0 Å². The number of rotatable bonds is 4. The van der Waals surface area contributed by atoms with E-state index in [4.69, 9.17) is 16.3 Å². The maximum absolute atomic E-state index is 13.9. The van der Waals surface area contributed by atoms with Gasteiger partial charge in [0.05, 0.1) is 23.1 Å². The summed E-state index contributed by atoms with van der Waals surface area (Å²) in [5, 5.41) is 5.30. The maximum atomic E-state index is 13.9. The number of ether oxygens (including phenoxy) is 1. The summed E-state index contributed by atoms with van der Waals surface area (Å²) in [6.07, 6.45) is 6.25. The minimum absolute atomic E-state index is 0.0339. The van der Waals surface area contributed by atoms with Crippen LogP contribution in [0.4, 0.5) is 10.7 Å². The lowest BCUT2D eigenvalue weighted by molar-refractivity contribution is 0.0203. The highest BCUT2D eigenvalue weighted by Crippen LogP contribution is 2.33. The number of piperidine rings is 1. The molecule has 3 aromatic rings. The molecule has 2 amide bonds. The molecule has 2 aromatic heterocycles. The minimum atomic E-state index is -0.544. The van der Waals surface area contributed by atoms with E-state index in [2.05, 4.69) is 20.0 Å². The Bertz CT molecular complexity index is 1290. The molecule has 10 nitrogen and oxygen atoms in total. The Balaban J connectivity index is 1.36. The highest BCUT2D eigenvalue weighted by molar-refractivity contribution is 6.30. The molecule has 2 saturated heterocycles. The Kier molecular flexibility index (Phi) is 7.74. The SMILES string of the molecule is CC(C)(C)OC(=O)N1CCC(c2c(C(=O)N3CCN(c4ncccn4)CC3)cnn2-c2ccc(Cl)cc2)CC1. The maximum Gasteiger partial charge on any atom is 0.410 e. The number of anilines is 1. The molecule has 4 heterocycles. The molecule has 0 unspecified atom stereocenters. The monoisotopic (exact) mass is 551 g/mol. The summed E-state index contributed by atoms with van der Waals surface area (Å²) in [5.41, 5.74) is 1.77. The molecule has 0 atom stereocenters. The predicted octanol–water partition coefficient (Wildman–Crippen LogP) is 4.39. The van der Waals surface area contributed by atoms with Crippen LogP contribution in [-0.2, 0) is 4.74 Å². The number of hydrogen-bond acceptors (Lipinski definition) is 7. The average Bonchev–Trinajstić information content (AvgIpc) is 3.38. The Hall–Kier alpha value is -3.66. The van der Waals surface area contributed by atoms with Gasteiger partial charge in [0.15, 0.2) is 0 Å². The van der Waals surface area contributed by atoms with Crippen LogP contribution in [0.1, 0.15) is 55.6 Å². The van der Waals surface area contributed by atoms with Gasteiger partial charge in [0, 0.05) is 62.6 Å². The summed E-state index contributed by atoms with van der Waals surface area (Å²) in [6, 6.07) is 9.24. The van der Waals surface area contributed by atoms with E-state index in [1.54, 1.807) is 29.6 Å². The summed E-state index contributed by atoms with van der Waals surface area (Å²) in [5.74, 6) is 0.700. The van der Waals surface area contributed by atoms with Crippen molar-refractivity contribution in [3.8, 4) is 5.69 Å². The molecule has 206 valence electrons. The normalized spacial score (nSPS) is 16.9. The zero-order valence-corrected chi connectivity index (χ0v) is 23.3. The molecular formula is C28H34ClN7O3. The third-order valence-corrected chi connectivity index (χ3v) is 7.30. The number of piperazine rings is 1. The Labute approximate surface area is 233 Å². The first kappa shape index (κ1) is 26.9. The fourth-order valence-electron chi connectivity index (χ4n) is 5.10. The molecule has 1 aromatic carbocycles.